The van der Waals surface area contributed by atoms with E-state index in [1.54, 1.807) is 13.0 Å². The number of carbonyl (C=O) groups is 1. The van der Waals surface area contributed by atoms with Gasteiger partial charge in [-0.05, 0) is 36.8 Å². The van der Waals surface area contributed by atoms with Gasteiger partial charge in [-0.15, -0.1) is 0 Å². The van der Waals surface area contributed by atoms with Gasteiger partial charge in [0.05, 0.1) is 11.1 Å². The lowest BCUT2D eigenvalue weighted by Crippen LogP contribution is -2.13. The third-order valence-corrected chi connectivity index (χ3v) is 5.49. The second-order valence-electron chi connectivity index (χ2n) is 7.78. The number of carbonyl (C=O) groups excluding carboxylic acids is 1. The monoisotopic (exact) mass is 447 g/mol. The topological polar surface area (TPSA) is 78.9 Å². The molecule has 5 rings (SSSR count). The fourth-order valence-corrected chi connectivity index (χ4v) is 3.99. The molecule has 2 aromatic heterocycles. The molecule has 0 fully saturated rings. The third kappa shape index (κ3) is 3.80. The van der Waals surface area contributed by atoms with Gasteiger partial charge in [-0.25, -0.2) is 4.39 Å². The van der Waals surface area contributed by atoms with Gasteiger partial charge < -0.3 is 4.42 Å². The molecular weight excluding hydrogens is 429 g/mol. The summed E-state index contributed by atoms with van der Waals surface area (Å²) in [7, 11) is 0. The highest BCUT2D eigenvalue weighted by molar-refractivity contribution is 6.13. The summed E-state index contributed by atoms with van der Waals surface area (Å²) in [4.78, 5) is 17.7. The van der Waals surface area contributed by atoms with Gasteiger partial charge in [0.2, 0.25) is 5.88 Å². The number of nitriles is 1. The molecule has 1 N–H and O–H groups in total. The molecule has 0 saturated heterocycles. The van der Waals surface area contributed by atoms with Crippen LogP contribution in [0.3, 0.4) is 0 Å². The van der Waals surface area contributed by atoms with Gasteiger partial charge in [0.1, 0.15) is 23.2 Å². The molecule has 0 saturated carbocycles. The highest BCUT2D eigenvalue weighted by atomic mass is 19.1. The SMILES string of the molecule is Cc1cc(C(=O)Nc2oc(-c3ccccc3)c(-c3ccccc3)c2C#N)c2cc(F)ccc2n1. The van der Waals surface area contributed by atoms with Crippen LogP contribution >= 0.6 is 0 Å². The standard InChI is InChI=1S/C28H18FN3O2/c1-17-14-22(21-15-20(29)12-13-24(21)31-17)27(33)32-28-23(16-30)25(18-8-4-2-5-9-18)26(34-28)19-10-6-3-7-11-19/h2-15H,1H3,(H,32,33). The smallest absolute Gasteiger partial charge is 0.258 e. The minimum absolute atomic E-state index is 0.0317. The zero-order valence-corrected chi connectivity index (χ0v) is 18.2. The Balaban J connectivity index is 1.65. The van der Waals surface area contributed by atoms with Crippen molar-refractivity contribution in [3.63, 3.8) is 0 Å². The van der Waals surface area contributed by atoms with Crippen molar-refractivity contribution in [3.8, 4) is 28.5 Å². The van der Waals surface area contributed by atoms with Crippen molar-refractivity contribution in [1.82, 2.24) is 4.98 Å². The van der Waals surface area contributed by atoms with Crippen LogP contribution in [0.2, 0.25) is 0 Å². The van der Waals surface area contributed by atoms with Crippen LogP contribution in [0.15, 0.2) is 89.3 Å². The third-order valence-electron chi connectivity index (χ3n) is 5.49. The summed E-state index contributed by atoms with van der Waals surface area (Å²) in [5.41, 5.74) is 3.71. The number of pyridine rings is 1. The number of furan rings is 1. The number of fused-ring (bicyclic) bond motifs is 1. The molecule has 5 nitrogen and oxygen atoms in total. The first-order valence-electron chi connectivity index (χ1n) is 10.6. The van der Waals surface area contributed by atoms with E-state index in [-0.39, 0.29) is 17.0 Å². The van der Waals surface area contributed by atoms with Gasteiger partial charge in [0, 0.05) is 22.2 Å². The van der Waals surface area contributed by atoms with Gasteiger partial charge in [0.15, 0.2) is 0 Å². The average molecular weight is 447 g/mol. The van der Waals surface area contributed by atoms with Crippen molar-refractivity contribution in [2.24, 2.45) is 0 Å². The van der Waals surface area contributed by atoms with Crippen LogP contribution < -0.4 is 5.32 Å². The van der Waals surface area contributed by atoms with Crippen LogP contribution in [0, 0.1) is 24.1 Å². The number of hydrogen-bond donors (Lipinski definition) is 1. The van der Waals surface area contributed by atoms with Crippen molar-refractivity contribution in [2.75, 3.05) is 5.32 Å². The van der Waals surface area contributed by atoms with Gasteiger partial charge in [0.25, 0.3) is 5.91 Å². The van der Waals surface area contributed by atoms with E-state index in [4.69, 9.17) is 4.42 Å². The highest BCUT2D eigenvalue weighted by Gasteiger charge is 2.25. The van der Waals surface area contributed by atoms with E-state index < -0.39 is 11.7 Å². The Labute approximate surface area is 195 Å². The number of rotatable bonds is 4. The van der Waals surface area contributed by atoms with E-state index in [9.17, 15) is 14.4 Å². The molecule has 3 aromatic carbocycles. The number of nitrogens with one attached hydrogen (secondary N) is 1. The number of halogens is 1. The summed E-state index contributed by atoms with van der Waals surface area (Å²) in [6, 6.07) is 26.7. The number of anilines is 1. The van der Waals surface area contributed by atoms with Crippen LogP contribution in [0.4, 0.5) is 10.3 Å². The van der Waals surface area contributed by atoms with Crippen LogP contribution in [0.25, 0.3) is 33.4 Å². The van der Waals surface area contributed by atoms with E-state index >= 15 is 0 Å². The average Bonchev–Trinajstić information content (AvgIpc) is 3.23. The molecule has 6 heteroatoms. The van der Waals surface area contributed by atoms with Crippen LogP contribution in [0.1, 0.15) is 21.6 Å². The zero-order chi connectivity index (χ0) is 23.7. The Morgan fingerprint density at radius 1 is 0.971 bits per heavy atom. The van der Waals surface area contributed by atoms with Crippen LogP contribution in [-0.4, -0.2) is 10.9 Å². The highest BCUT2D eigenvalue weighted by Crippen LogP contribution is 2.41. The first kappa shape index (κ1) is 21.1. The van der Waals surface area contributed by atoms with E-state index in [1.165, 1.54) is 18.2 Å². The van der Waals surface area contributed by atoms with Gasteiger partial charge in [-0.1, -0.05) is 60.7 Å². The molecule has 0 atom stereocenters. The van der Waals surface area contributed by atoms with E-state index in [0.717, 1.165) is 11.1 Å². The summed E-state index contributed by atoms with van der Waals surface area (Å²) in [5, 5.41) is 13.1. The molecule has 2 heterocycles. The normalized spacial score (nSPS) is 10.7. The molecule has 34 heavy (non-hydrogen) atoms. The molecule has 0 unspecified atom stereocenters. The van der Waals surface area contributed by atoms with Crippen LogP contribution in [-0.2, 0) is 0 Å². The summed E-state index contributed by atoms with van der Waals surface area (Å²) in [6.45, 7) is 1.76. The molecular formula is C28H18FN3O2. The number of amides is 1. The lowest BCUT2D eigenvalue weighted by molar-refractivity contribution is 0.102. The predicted octanol–water partition coefficient (Wildman–Crippen LogP) is 6.73. The molecule has 0 spiro atoms. The van der Waals surface area contributed by atoms with Crippen molar-refractivity contribution in [3.05, 3.63) is 108 Å². The number of aryl methyl sites for hydroxylation is 1. The molecule has 1 amide bonds. The van der Waals surface area contributed by atoms with E-state index in [2.05, 4.69) is 16.4 Å². The van der Waals surface area contributed by atoms with Gasteiger partial charge in [-0.2, -0.15) is 5.26 Å². The van der Waals surface area contributed by atoms with E-state index in [1.807, 2.05) is 60.7 Å². The minimum atomic E-state index is -0.523. The predicted molar refractivity (Wildman–Crippen MR) is 129 cm³/mol. The van der Waals surface area contributed by atoms with Crippen molar-refractivity contribution < 1.29 is 13.6 Å². The van der Waals surface area contributed by atoms with Gasteiger partial charge >= 0.3 is 0 Å². The molecule has 164 valence electrons. The van der Waals surface area contributed by atoms with Crippen molar-refractivity contribution >= 4 is 22.7 Å². The summed E-state index contributed by atoms with van der Waals surface area (Å²) >= 11 is 0. The number of hydrogen-bond acceptors (Lipinski definition) is 4. The summed E-state index contributed by atoms with van der Waals surface area (Å²) < 4.78 is 20.0. The lowest BCUT2D eigenvalue weighted by atomic mass is 9.98. The number of benzene rings is 3. The molecule has 0 radical (unpaired) electrons. The molecule has 0 aliphatic heterocycles. The second-order valence-corrected chi connectivity index (χ2v) is 7.78. The lowest BCUT2D eigenvalue weighted by Gasteiger charge is -2.08. The maximum Gasteiger partial charge on any atom is 0.258 e. The number of nitrogens with zero attached hydrogens (tertiary/aromatic N) is 2. The largest absolute Gasteiger partial charge is 0.438 e. The first-order valence-corrected chi connectivity index (χ1v) is 10.6. The Morgan fingerprint density at radius 3 is 2.32 bits per heavy atom. The van der Waals surface area contributed by atoms with Crippen LogP contribution in [0.5, 0.6) is 0 Å². The Bertz CT molecular complexity index is 1570. The van der Waals surface area contributed by atoms with E-state index in [0.29, 0.717) is 27.9 Å². The maximum atomic E-state index is 13.9. The molecule has 0 aliphatic carbocycles. The fraction of sp³-hybridized carbons (Fsp3) is 0.0357. The molecule has 5 aromatic rings. The fourth-order valence-electron chi connectivity index (χ4n) is 3.99. The quantitative estimate of drug-likeness (QED) is 0.331. The second kappa shape index (κ2) is 8.64. The molecule has 0 aliphatic rings. The summed E-state index contributed by atoms with van der Waals surface area (Å²) in [5.74, 6) is -0.490. The summed E-state index contributed by atoms with van der Waals surface area (Å²) in [6.07, 6.45) is 0. The minimum Gasteiger partial charge on any atom is -0.438 e. The number of aromatic nitrogens is 1. The van der Waals surface area contributed by atoms with Crippen molar-refractivity contribution in [2.45, 2.75) is 6.92 Å². The Morgan fingerprint density at radius 2 is 1.65 bits per heavy atom. The zero-order valence-electron chi connectivity index (χ0n) is 18.2. The van der Waals surface area contributed by atoms with Gasteiger partial charge in [-0.3, -0.25) is 15.1 Å². The Hall–Kier alpha value is -4.76. The maximum absolute atomic E-state index is 13.9. The molecule has 0 bridgehead atoms. The first-order chi connectivity index (χ1) is 16.5. The Kier molecular flexibility index (Phi) is 5.36. The van der Waals surface area contributed by atoms with Crippen molar-refractivity contribution in [1.29, 1.82) is 5.26 Å².